The Kier molecular flexibility index (Phi) is 5.41. The van der Waals surface area contributed by atoms with Crippen LogP contribution < -0.4 is 19.6 Å². The minimum absolute atomic E-state index is 0.0971. The van der Waals surface area contributed by atoms with Crippen LogP contribution in [0.1, 0.15) is 17.2 Å². The number of rotatable bonds is 4. The van der Waals surface area contributed by atoms with Gasteiger partial charge >= 0.3 is 0 Å². The zero-order valence-corrected chi connectivity index (χ0v) is 18.8. The van der Waals surface area contributed by atoms with Gasteiger partial charge in [0.1, 0.15) is 28.2 Å². The van der Waals surface area contributed by atoms with Crippen LogP contribution in [0.15, 0.2) is 57.7 Å². The van der Waals surface area contributed by atoms with Crippen molar-refractivity contribution in [1.29, 1.82) is 0 Å². The first kappa shape index (κ1) is 22.4. The zero-order valence-electron chi connectivity index (χ0n) is 18.8. The van der Waals surface area contributed by atoms with Crippen molar-refractivity contribution in [2.24, 2.45) is 0 Å². The van der Waals surface area contributed by atoms with Gasteiger partial charge in [-0.2, -0.15) is 0 Å². The summed E-state index contributed by atoms with van der Waals surface area (Å²) in [6.45, 7) is 1.62. The standard InChI is InChI=1S/C26H22O9/c1-12-3-4-13(7-18(12)32-2)25-21(11-27)33-17-6-5-14(8-19(17)34-25)26-24(31)23(30)22-16(29)9-15(28)10-20(22)35-26/h3-10,21,25,27-29,31H,11H2,1-2H3/t21-,25-/m1/s1. The van der Waals surface area contributed by atoms with Gasteiger partial charge in [0.25, 0.3) is 0 Å². The molecule has 1 aromatic heterocycles. The molecule has 9 nitrogen and oxygen atoms in total. The van der Waals surface area contributed by atoms with Crippen molar-refractivity contribution >= 4 is 11.0 Å². The third-order valence-corrected chi connectivity index (χ3v) is 5.95. The van der Waals surface area contributed by atoms with E-state index in [2.05, 4.69) is 0 Å². The molecule has 0 saturated heterocycles. The molecule has 0 fully saturated rings. The topological polar surface area (TPSA) is 139 Å². The molecule has 1 aliphatic rings. The fraction of sp³-hybridized carbons (Fsp3) is 0.192. The Bertz CT molecular complexity index is 1510. The van der Waals surface area contributed by atoms with E-state index in [1.165, 1.54) is 12.1 Å². The molecule has 3 aromatic carbocycles. The molecule has 2 atom stereocenters. The number of methoxy groups -OCH3 is 1. The molecule has 0 radical (unpaired) electrons. The predicted molar refractivity (Wildman–Crippen MR) is 126 cm³/mol. The van der Waals surface area contributed by atoms with E-state index in [4.69, 9.17) is 18.6 Å². The molecule has 0 saturated carbocycles. The summed E-state index contributed by atoms with van der Waals surface area (Å²) in [4.78, 5) is 12.7. The Balaban J connectivity index is 1.59. The number of fused-ring (bicyclic) bond motifs is 2. The Morgan fingerprint density at radius 2 is 1.77 bits per heavy atom. The molecule has 0 amide bonds. The van der Waals surface area contributed by atoms with E-state index in [0.717, 1.165) is 17.2 Å². The molecule has 0 aliphatic carbocycles. The first-order valence-corrected chi connectivity index (χ1v) is 10.8. The van der Waals surface area contributed by atoms with E-state index >= 15 is 0 Å². The molecule has 35 heavy (non-hydrogen) atoms. The van der Waals surface area contributed by atoms with Crippen LogP contribution in [-0.2, 0) is 0 Å². The largest absolute Gasteiger partial charge is 0.508 e. The van der Waals surface area contributed by atoms with Crippen LogP contribution in [0, 0.1) is 6.92 Å². The van der Waals surface area contributed by atoms with Crippen LogP contribution in [0.4, 0.5) is 0 Å². The first-order valence-electron chi connectivity index (χ1n) is 10.8. The quantitative estimate of drug-likeness (QED) is 0.345. The fourth-order valence-electron chi connectivity index (χ4n) is 4.18. The third kappa shape index (κ3) is 3.75. The summed E-state index contributed by atoms with van der Waals surface area (Å²) >= 11 is 0. The molecule has 1 aliphatic heterocycles. The maximum absolute atomic E-state index is 12.7. The molecule has 0 unspecified atom stereocenters. The van der Waals surface area contributed by atoms with E-state index in [1.54, 1.807) is 19.2 Å². The summed E-state index contributed by atoms with van der Waals surface area (Å²) in [5, 5.41) is 40.0. The summed E-state index contributed by atoms with van der Waals surface area (Å²) in [6, 6.07) is 12.4. The van der Waals surface area contributed by atoms with Gasteiger partial charge in [-0.25, -0.2) is 0 Å². The number of benzene rings is 3. The Labute approximate surface area is 199 Å². The number of phenolic OH excluding ortho intramolecular Hbond substituents is 2. The lowest BCUT2D eigenvalue weighted by atomic mass is 10.0. The lowest BCUT2D eigenvalue weighted by molar-refractivity contribution is -0.0123. The van der Waals surface area contributed by atoms with E-state index in [-0.39, 0.29) is 29.1 Å². The minimum atomic E-state index is -0.849. The van der Waals surface area contributed by atoms with E-state index in [1.807, 2.05) is 25.1 Å². The van der Waals surface area contributed by atoms with Crippen molar-refractivity contribution < 1.29 is 39.1 Å². The number of hydrogen-bond acceptors (Lipinski definition) is 9. The zero-order chi connectivity index (χ0) is 24.9. The predicted octanol–water partition coefficient (Wildman–Crippen LogP) is 3.77. The Morgan fingerprint density at radius 3 is 2.51 bits per heavy atom. The van der Waals surface area contributed by atoms with Gasteiger partial charge in [0, 0.05) is 17.7 Å². The number of aliphatic hydroxyl groups is 1. The van der Waals surface area contributed by atoms with Crippen LogP contribution in [0.25, 0.3) is 22.3 Å². The van der Waals surface area contributed by atoms with Gasteiger partial charge in [0.2, 0.25) is 11.2 Å². The highest BCUT2D eigenvalue weighted by atomic mass is 16.6. The SMILES string of the molecule is COc1cc([C@H]2Oc3cc(-c4oc5cc(O)cc(O)c5c(=O)c4O)ccc3O[C@@H]2CO)ccc1C. The average molecular weight is 478 g/mol. The fourth-order valence-corrected chi connectivity index (χ4v) is 4.18. The van der Waals surface area contributed by atoms with Gasteiger partial charge in [0.15, 0.2) is 29.5 Å². The van der Waals surface area contributed by atoms with Gasteiger partial charge in [-0.15, -0.1) is 0 Å². The molecule has 9 heteroatoms. The average Bonchev–Trinajstić information content (AvgIpc) is 2.85. The summed E-state index contributed by atoms with van der Waals surface area (Å²) in [6.07, 6.45) is -1.35. The molecule has 4 aromatic rings. The molecule has 0 bridgehead atoms. The van der Waals surface area contributed by atoms with Crippen molar-refractivity contribution in [1.82, 2.24) is 0 Å². The number of ether oxygens (including phenoxy) is 3. The molecule has 180 valence electrons. The maximum Gasteiger partial charge on any atom is 0.238 e. The molecular weight excluding hydrogens is 456 g/mol. The first-order chi connectivity index (χ1) is 16.8. The van der Waals surface area contributed by atoms with Gasteiger partial charge < -0.3 is 39.1 Å². The van der Waals surface area contributed by atoms with Crippen LogP contribution in [0.2, 0.25) is 0 Å². The summed E-state index contributed by atoms with van der Waals surface area (Å²) in [5.41, 5.74) is 1.02. The lowest BCUT2D eigenvalue weighted by Crippen LogP contribution is -2.36. The van der Waals surface area contributed by atoms with Crippen molar-refractivity contribution in [2.75, 3.05) is 13.7 Å². The van der Waals surface area contributed by atoms with Crippen molar-refractivity contribution in [3.8, 4) is 45.8 Å². The summed E-state index contributed by atoms with van der Waals surface area (Å²) in [7, 11) is 1.57. The highest BCUT2D eigenvalue weighted by molar-refractivity contribution is 5.88. The van der Waals surface area contributed by atoms with E-state index in [9.17, 15) is 25.2 Å². The second kappa shape index (κ2) is 8.44. The van der Waals surface area contributed by atoms with Crippen LogP contribution in [0.3, 0.4) is 0 Å². The number of aryl methyl sites for hydroxylation is 1. The minimum Gasteiger partial charge on any atom is -0.508 e. The van der Waals surface area contributed by atoms with Crippen LogP contribution in [-0.4, -0.2) is 40.2 Å². The highest BCUT2D eigenvalue weighted by Gasteiger charge is 2.33. The van der Waals surface area contributed by atoms with Crippen LogP contribution in [0.5, 0.6) is 34.5 Å². The van der Waals surface area contributed by atoms with E-state index in [0.29, 0.717) is 22.8 Å². The van der Waals surface area contributed by atoms with Crippen molar-refractivity contribution in [3.63, 3.8) is 0 Å². The summed E-state index contributed by atoms with van der Waals surface area (Å²) in [5.74, 6) is -0.358. The normalized spacial score (nSPS) is 16.9. The molecule has 2 heterocycles. The number of aromatic hydroxyl groups is 3. The van der Waals surface area contributed by atoms with Gasteiger partial charge in [-0.3, -0.25) is 4.79 Å². The van der Waals surface area contributed by atoms with Crippen molar-refractivity contribution in [3.05, 3.63) is 69.9 Å². The Hall–Kier alpha value is -4.37. The molecule has 4 N–H and O–H groups in total. The molecular formula is C26H22O9. The summed E-state index contributed by atoms with van der Waals surface area (Å²) < 4.78 is 23.2. The highest BCUT2D eigenvalue weighted by Crippen LogP contribution is 2.44. The second-order valence-electron chi connectivity index (χ2n) is 8.21. The van der Waals surface area contributed by atoms with Crippen molar-refractivity contribution in [2.45, 2.75) is 19.1 Å². The van der Waals surface area contributed by atoms with Crippen LogP contribution >= 0.6 is 0 Å². The van der Waals surface area contributed by atoms with Gasteiger partial charge in [0.05, 0.1) is 13.7 Å². The number of phenols is 2. The third-order valence-electron chi connectivity index (χ3n) is 5.95. The van der Waals surface area contributed by atoms with E-state index < -0.39 is 29.1 Å². The number of hydrogen-bond donors (Lipinski definition) is 4. The monoisotopic (exact) mass is 478 g/mol. The smallest absolute Gasteiger partial charge is 0.238 e. The molecule has 5 rings (SSSR count). The Morgan fingerprint density at radius 1 is 0.971 bits per heavy atom. The maximum atomic E-state index is 12.7. The number of aliphatic hydroxyl groups excluding tert-OH is 1. The molecule has 0 spiro atoms. The lowest BCUT2D eigenvalue weighted by Gasteiger charge is -2.33. The second-order valence-corrected chi connectivity index (χ2v) is 8.21. The van der Waals surface area contributed by atoms with Gasteiger partial charge in [-0.05, 0) is 42.3 Å². The van der Waals surface area contributed by atoms with Gasteiger partial charge in [-0.1, -0.05) is 12.1 Å².